The van der Waals surface area contributed by atoms with Gasteiger partial charge in [-0.25, -0.2) is 0 Å². The molecular weight excluding hydrogens is 350 g/mol. The zero-order valence-electron chi connectivity index (χ0n) is 15.2. The summed E-state index contributed by atoms with van der Waals surface area (Å²) < 4.78 is 0. The molecule has 4 N–H and O–H groups in total. The van der Waals surface area contributed by atoms with Gasteiger partial charge in [-0.2, -0.15) is 0 Å². The van der Waals surface area contributed by atoms with E-state index in [1.165, 1.54) is 0 Å². The van der Waals surface area contributed by atoms with E-state index in [0.717, 1.165) is 0 Å². The minimum absolute atomic E-state index is 0.101. The second-order valence-electron chi connectivity index (χ2n) is 7.05. The molecule has 2 aromatic rings. The third-order valence-corrected chi connectivity index (χ3v) is 4.50. The molecule has 26 heavy (non-hydrogen) atoms. The number of rotatable bonds is 4. The number of carbonyl (C=O) groups is 2. The number of nitrogens with one attached hydrogen (secondary N) is 2. The topological polar surface area (TPSA) is 84.2 Å². The van der Waals surface area contributed by atoms with Crippen molar-refractivity contribution >= 4 is 40.2 Å². The Hall–Kier alpha value is -2.53. The predicted octanol–water partition coefficient (Wildman–Crippen LogP) is 4.34. The number of hydrogen-bond donors (Lipinski definition) is 3. The van der Waals surface area contributed by atoms with E-state index >= 15 is 0 Å². The number of halogens is 1. The van der Waals surface area contributed by atoms with Crippen LogP contribution in [0.4, 0.5) is 17.1 Å². The minimum atomic E-state index is -0.289. The maximum atomic E-state index is 13.3. The molecule has 1 aliphatic carbocycles. The van der Waals surface area contributed by atoms with E-state index in [2.05, 4.69) is 10.6 Å². The first-order chi connectivity index (χ1) is 12.2. The second-order valence-corrected chi connectivity index (χ2v) is 7.46. The number of ketones is 2. The molecule has 0 bridgehead atoms. The average molecular weight is 372 g/mol. The largest absolute Gasteiger partial charge is 0.398 e. The van der Waals surface area contributed by atoms with Crippen molar-refractivity contribution in [3.63, 3.8) is 0 Å². The summed E-state index contributed by atoms with van der Waals surface area (Å²) in [5.74, 6) is -0.576. The lowest BCUT2D eigenvalue weighted by Gasteiger charge is -2.26. The molecule has 0 aromatic heterocycles. The molecule has 0 fully saturated rings. The lowest BCUT2D eigenvalue weighted by atomic mass is 9.81. The van der Waals surface area contributed by atoms with Crippen molar-refractivity contribution < 1.29 is 9.59 Å². The number of carbonyl (C=O) groups excluding carboxylic acids is 2. The Morgan fingerprint density at radius 2 is 1.23 bits per heavy atom. The van der Waals surface area contributed by atoms with Crippen molar-refractivity contribution in [2.45, 2.75) is 39.8 Å². The number of nitrogen functional groups attached to an aromatic ring is 1. The number of fused-ring (bicyclic) bond motifs is 2. The van der Waals surface area contributed by atoms with Crippen molar-refractivity contribution in [2.75, 3.05) is 16.4 Å². The van der Waals surface area contributed by atoms with E-state index in [1.54, 1.807) is 12.1 Å². The van der Waals surface area contributed by atoms with Gasteiger partial charge in [-0.1, -0.05) is 11.6 Å². The fourth-order valence-electron chi connectivity index (χ4n) is 3.25. The van der Waals surface area contributed by atoms with Crippen LogP contribution in [-0.4, -0.2) is 23.7 Å². The first-order valence-corrected chi connectivity index (χ1v) is 8.97. The fourth-order valence-corrected chi connectivity index (χ4v) is 3.49. The molecule has 0 radical (unpaired) electrons. The van der Waals surface area contributed by atoms with Gasteiger partial charge < -0.3 is 16.4 Å². The molecule has 0 unspecified atom stereocenters. The average Bonchev–Trinajstić information content (AvgIpc) is 2.54. The van der Waals surface area contributed by atoms with Gasteiger partial charge in [0, 0.05) is 29.1 Å². The van der Waals surface area contributed by atoms with Gasteiger partial charge in [0.1, 0.15) is 0 Å². The van der Waals surface area contributed by atoms with Crippen molar-refractivity contribution in [1.29, 1.82) is 0 Å². The number of benzene rings is 2. The number of anilines is 3. The standard InChI is InChI=1S/C20H22ClN3O2/c1-9(2)23-13-7-8-14(24-10(3)4)18-17(13)19(25)15-11(21)5-6-12(22)16(15)20(18)26/h5-10,23-24H,22H2,1-4H3. The van der Waals surface area contributed by atoms with Crippen LogP contribution in [0.2, 0.25) is 5.02 Å². The summed E-state index contributed by atoms with van der Waals surface area (Å²) in [7, 11) is 0. The highest BCUT2D eigenvalue weighted by Crippen LogP contribution is 2.41. The van der Waals surface area contributed by atoms with Gasteiger partial charge in [0.25, 0.3) is 0 Å². The first-order valence-electron chi connectivity index (χ1n) is 8.59. The Bertz CT molecular complexity index is 846. The van der Waals surface area contributed by atoms with Gasteiger partial charge in [-0.3, -0.25) is 9.59 Å². The first kappa shape index (κ1) is 18.3. The maximum absolute atomic E-state index is 13.3. The molecule has 5 nitrogen and oxygen atoms in total. The van der Waals surface area contributed by atoms with E-state index in [4.69, 9.17) is 17.3 Å². The highest BCUT2D eigenvalue weighted by atomic mass is 35.5. The normalized spacial score (nSPS) is 13.0. The number of hydrogen-bond acceptors (Lipinski definition) is 5. The molecule has 0 saturated carbocycles. The fraction of sp³-hybridized carbons (Fsp3) is 0.300. The third kappa shape index (κ3) is 2.92. The van der Waals surface area contributed by atoms with Gasteiger partial charge in [-0.05, 0) is 52.0 Å². The summed E-state index contributed by atoms with van der Waals surface area (Å²) in [4.78, 5) is 26.6. The molecule has 0 heterocycles. The zero-order chi connectivity index (χ0) is 19.2. The molecule has 6 heteroatoms. The van der Waals surface area contributed by atoms with E-state index in [0.29, 0.717) is 22.5 Å². The molecule has 3 rings (SSSR count). The van der Waals surface area contributed by atoms with Crippen LogP contribution in [0.15, 0.2) is 24.3 Å². The Kier molecular flexibility index (Phi) is 4.67. The Labute approximate surface area is 157 Å². The van der Waals surface area contributed by atoms with E-state index in [9.17, 15) is 9.59 Å². The van der Waals surface area contributed by atoms with Crippen LogP contribution >= 0.6 is 11.6 Å². The molecule has 0 saturated heterocycles. The number of nitrogens with two attached hydrogens (primary N) is 1. The van der Waals surface area contributed by atoms with Crippen LogP contribution in [0.5, 0.6) is 0 Å². The second kappa shape index (κ2) is 6.65. The summed E-state index contributed by atoms with van der Waals surface area (Å²) in [6.07, 6.45) is 0. The van der Waals surface area contributed by atoms with Crippen LogP contribution in [0.25, 0.3) is 0 Å². The van der Waals surface area contributed by atoms with Gasteiger partial charge in [0.05, 0.1) is 27.3 Å². The third-order valence-electron chi connectivity index (χ3n) is 4.19. The highest BCUT2D eigenvalue weighted by Gasteiger charge is 2.37. The molecular formula is C20H22ClN3O2. The van der Waals surface area contributed by atoms with Crippen molar-refractivity contribution in [1.82, 2.24) is 0 Å². The summed E-state index contributed by atoms with van der Waals surface area (Å²) in [6, 6.07) is 6.95. The SMILES string of the molecule is CC(C)Nc1ccc(NC(C)C)c2c1C(=O)c1c(N)ccc(Cl)c1C2=O. The van der Waals surface area contributed by atoms with Crippen molar-refractivity contribution in [2.24, 2.45) is 0 Å². The Morgan fingerprint density at radius 3 is 1.69 bits per heavy atom. The predicted molar refractivity (Wildman–Crippen MR) is 107 cm³/mol. The smallest absolute Gasteiger partial charge is 0.198 e. The summed E-state index contributed by atoms with van der Waals surface area (Å²) in [5.41, 5.74) is 8.56. The van der Waals surface area contributed by atoms with Crippen LogP contribution < -0.4 is 16.4 Å². The van der Waals surface area contributed by atoms with Gasteiger partial charge in [-0.15, -0.1) is 0 Å². The van der Waals surface area contributed by atoms with E-state index < -0.39 is 0 Å². The maximum Gasteiger partial charge on any atom is 0.198 e. The van der Waals surface area contributed by atoms with Gasteiger partial charge in [0.15, 0.2) is 11.6 Å². The van der Waals surface area contributed by atoms with E-state index in [-0.39, 0.29) is 45.5 Å². The molecule has 0 amide bonds. The lowest BCUT2D eigenvalue weighted by molar-refractivity contribution is 0.0981. The molecule has 1 aliphatic rings. The van der Waals surface area contributed by atoms with Crippen LogP contribution in [0.1, 0.15) is 59.5 Å². The van der Waals surface area contributed by atoms with Crippen LogP contribution in [-0.2, 0) is 0 Å². The molecule has 136 valence electrons. The minimum Gasteiger partial charge on any atom is -0.398 e. The Balaban J connectivity index is 2.33. The molecule has 0 aliphatic heterocycles. The summed E-state index contributed by atoms with van der Waals surface area (Å²) in [5, 5.41) is 6.74. The highest BCUT2D eigenvalue weighted by molar-refractivity contribution is 6.41. The summed E-state index contributed by atoms with van der Waals surface area (Å²) >= 11 is 6.26. The Morgan fingerprint density at radius 1 is 0.769 bits per heavy atom. The van der Waals surface area contributed by atoms with Gasteiger partial charge >= 0.3 is 0 Å². The zero-order valence-corrected chi connectivity index (χ0v) is 16.0. The molecule has 0 spiro atoms. The van der Waals surface area contributed by atoms with E-state index in [1.807, 2.05) is 39.8 Å². The van der Waals surface area contributed by atoms with Crippen molar-refractivity contribution in [3.8, 4) is 0 Å². The van der Waals surface area contributed by atoms with Gasteiger partial charge in [0.2, 0.25) is 0 Å². The lowest BCUT2D eigenvalue weighted by Crippen LogP contribution is -2.27. The van der Waals surface area contributed by atoms with Crippen LogP contribution in [0.3, 0.4) is 0 Å². The molecule has 2 aromatic carbocycles. The monoisotopic (exact) mass is 371 g/mol. The van der Waals surface area contributed by atoms with Crippen LogP contribution in [0, 0.1) is 0 Å². The quantitative estimate of drug-likeness (QED) is 0.594. The summed E-state index contributed by atoms with van der Waals surface area (Å²) in [6.45, 7) is 7.89. The molecule has 0 atom stereocenters. The van der Waals surface area contributed by atoms with Crippen molar-refractivity contribution in [3.05, 3.63) is 51.5 Å².